The monoisotopic (exact) mass is 283 g/mol. The van der Waals surface area contributed by atoms with Gasteiger partial charge in [-0.25, -0.2) is 4.98 Å². The molecule has 3 heterocycles. The van der Waals surface area contributed by atoms with E-state index in [1.165, 1.54) is 17.7 Å². The van der Waals surface area contributed by atoms with Gasteiger partial charge in [-0.05, 0) is 30.9 Å². The number of pyridine rings is 1. The van der Waals surface area contributed by atoms with Crippen LogP contribution in [0.2, 0.25) is 0 Å². The third-order valence-corrected chi connectivity index (χ3v) is 5.04. The number of hydrogen-bond acceptors (Lipinski definition) is 5. The molecule has 0 atom stereocenters. The number of fused-ring (bicyclic) bond motifs is 1. The summed E-state index contributed by atoms with van der Waals surface area (Å²) < 4.78 is 0. The molecule has 5 heteroatoms. The van der Waals surface area contributed by atoms with Gasteiger partial charge in [-0.15, -0.1) is 0 Å². The molecule has 1 N–H and O–H groups in total. The average molecular weight is 283 g/mol. The SMILES string of the molecule is N#Cc1cc2c(nc1N1CCN(C3CNC3)CC1)CCC2. The minimum absolute atomic E-state index is 0.718. The number of nitriles is 1. The van der Waals surface area contributed by atoms with Crippen molar-refractivity contribution in [2.24, 2.45) is 0 Å². The molecule has 0 saturated carbocycles. The first kappa shape index (κ1) is 13.1. The third-order valence-electron chi connectivity index (χ3n) is 5.04. The Labute approximate surface area is 125 Å². The largest absolute Gasteiger partial charge is 0.353 e. The predicted octanol–water partition coefficient (Wildman–Crippen LogP) is 0.536. The summed E-state index contributed by atoms with van der Waals surface area (Å²) in [4.78, 5) is 9.69. The Morgan fingerprint density at radius 2 is 2.00 bits per heavy atom. The van der Waals surface area contributed by atoms with Crippen molar-refractivity contribution in [3.63, 3.8) is 0 Å². The maximum absolute atomic E-state index is 9.43. The first-order valence-corrected chi connectivity index (χ1v) is 7.98. The zero-order valence-electron chi connectivity index (χ0n) is 12.3. The highest BCUT2D eigenvalue weighted by molar-refractivity contribution is 5.57. The second kappa shape index (κ2) is 5.28. The lowest BCUT2D eigenvalue weighted by Gasteiger charge is -2.43. The van der Waals surface area contributed by atoms with Gasteiger partial charge >= 0.3 is 0 Å². The van der Waals surface area contributed by atoms with Crippen LogP contribution in [0.25, 0.3) is 0 Å². The zero-order chi connectivity index (χ0) is 14.2. The lowest BCUT2D eigenvalue weighted by atomic mass is 10.1. The fourth-order valence-electron chi connectivity index (χ4n) is 3.61. The molecule has 110 valence electrons. The molecular formula is C16H21N5. The Hall–Kier alpha value is -1.64. The van der Waals surface area contributed by atoms with Gasteiger partial charge in [0, 0.05) is 51.0 Å². The van der Waals surface area contributed by atoms with Crippen molar-refractivity contribution < 1.29 is 0 Å². The van der Waals surface area contributed by atoms with Gasteiger partial charge < -0.3 is 10.2 Å². The van der Waals surface area contributed by atoms with Crippen LogP contribution in [0.15, 0.2) is 6.07 Å². The third kappa shape index (κ3) is 2.29. The van der Waals surface area contributed by atoms with Crippen molar-refractivity contribution in [2.45, 2.75) is 25.3 Å². The van der Waals surface area contributed by atoms with Crippen LogP contribution in [0.5, 0.6) is 0 Å². The molecule has 4 rings (SSSR count). The van der Waals surface area contributed by atoms with Crippen LogP contribution in [0, 0.1) is 11.3 Å². The van der Waals surface area contributed by atoms with E-state index < -0.39 is 0 Å². The first-order valence-electron chi connectivity index (χ1n) is 7.98. The standard InChI is InChI=1S/C16H21N5/c17-9-13-8-12-2-1-3-15(12)19-16(13)21-6-4-20(5-7-21)14-10-18-11-14/h8,14,18H,1-7,10-11H2. The maximum Gasteiger partial charge on any atom is 0.146 e. The fourth-order valence-corrected chi connectivity index (χ4v) is 3.61. The molecule has 0 amide bonds. The molecule has 0 aromatic carbocycles. The molecule has 0 spiro atoms. The van der Waals surface area contributed by atoms with E-state index in [9.17, 15) is 5.26 Å². The topological polar surface area (TPSA) is 55.2 Å². The van der Waals surface area contributed by atoms with Crippen LogP contribution in [0.4, 0.5) is 5.82 Å². The average Bonchev–Trinajstić information content (AvgIpc) is 2.92. The van der Waals surface area contributed by atoms with Gasteiger partial charge in [0.2, 0.25) is 0 Å². The molecule has 0 radical (unpaired) electrons. The van der Waals surface area contributed by atoms with Crippen LogP contribution < -0.4 is 10.2 Å². The van der Waals surface area contributed by atoms with E-state index in [1.54, 1.807) is 0 Å². The summed E-state index contributed by atoms with van der Waals surface area (Å²) in [5, 5.41) is 12.8. The van der Waals surface area contributed by atoms with Crippen molar-refractivity contribution in [1.29, 1.82) is 5.26 Å². The van der Waals surface area contributed by atoms with Crippen LogP contribution in [-0.4, -0.2) is 55.2 Å². The molecular weight excluding hydrogens is 262 g/mol. The predicted molar refractivity (Wildman–Crippen MR) is 81.4 cm³/mol. The van der Waals surface area contributed by atoms with E-state index in [4.69, 9.17) is 4.98 Å². The number of piperazine rings is 1. The number of anilines is 1. The number of aryl methyl sites for hydroxylation is 2. The number of rotatable bonds is 2. The fraction of sp³-hybridized carbons (Fsp3) is 0.625. The second-order valence-electron chi connectivity index (χ2n) is 6.27. The van der Waals surface area contributed by atoms with E-state index in [0.29, 0.717) is 0 Å². The van der Waals surface area contributed by atoms with Gasteiger partial charge in [-0.3, -0.25) is 4.90 Å². The minimum Gasteiger partial charge on any atom is -0.353 e. The molecule has 0 bridgehead atoms. The lowest BCUT2D eigenvalue weighted by Crippen LogP contribution is -2.61. The molecule has 2 saturated heterocycles. The lowest BCUT2D eigenvalue weighted by molar-refractivity contribution is 0.137. The van der Waals surface area contributed by atoms with E-state index in [1.807, 2.05) is 0 Å². The van der Waals surface area contributed by atoms with Crippen LogP contribution in [-0.2, 0) is 12.8 Å². The smallest absolute Gasteiger partial charge is 0.146 e. The van der Waals surface area contributed by atoms with Crippen molar-refractivity contribution >= 4 is 5.82 Å². The highest BCUT2D eigenvalue weighted by atomic mass is 15.3. The summed E-state index contributed by atoms with van der Waals surface area (Å²) in [5.74, 6) is 0.921. The van der Waals surface area contributed by atoms with Crippen molar-refractivity contribution in [2.75, 3.05) is 44.2 Å². The number of aromatic nitrogens is 1. The van der Waals surface area contributed by atoms with Crippen molar-refractivity contribution in [1.82, 2.24) is 15.2 Å². The number of nitrogens with zero attached hydrogens (tertiary/aromatic N) is 4. The normalized spacial score (nSPS) is 22.7. The summed E-state index contributed by atoms with van der Waals surface area (Å²) >= 11 is 0. The summed E-state index contributed by atoms with van der Waals surface area (Å²) in [6.07, 6.45) is 3.33. The van der Waals surface area contributed by atoms with Crippen LogP contribution in [0.1, 0.15) is 23.2 Å². The van der Waals surface area contributed by atoms with Crippen molar-refractivity contribution in [3.05, 3.63) is 22.9 Å². The quantitative estimate of drug-likeness (QED) is 0.858. The Balaban J connectivity index is 1.53. The van der Waals surface area contributed by atoms with Crippen LogP contribution in [0.3, 0.4) is 0 Å². The zero-order valence-corrected chi connectivity index (χ0v) is 12.3. The Bertz CT molecular complexity index is 579. The van der Waals surface area contributed by atoms with E-state index >= 15 is 0 Å². The van der Waals surface area contributed by atoms with Crippen molar-refractivity contribution in [3.8, 4) is 6.07 Å². The Morgan fingerprint density at radius 3 is 2.67 bits per heavy atom. The molecule has 1 aromatic heterocycles. The molecule has 3 aliphatic rings. The van der Waals surface area contributed by atoms with Gasteiger partial charge in [0.1, 0.15) is 11.9 Å². The summed E-state index contributed by atoms with van der Waals surface area (Å²) in [7, 11) is 0. The first-order chi connectivity index (χ1) is 10.3. The van der Waals surface area contributed by atoms with E-state index in [2.05, 4.69) is 27.3 Å². The molecule has 5 nitrogen and oxygen atoms in total. The minimum atomic E-state index is 0.718. The molecule has 0 unspecified atom stereocenters. The molecule has 21 heavy (non-hydrogen) atoms. The Kier molecular flexibility index (Phi) is 3.28. The number of nitrogens with one attached hydrogen (secondary N) is 1. The van der Waals surface area contributed by atoms with Crippen LogP contribution >= 0.6 is 0 Å². The Morgan fingerprint density at radius 1 is 1.19 bits per heavy atom. The van der Waals surface area contributed by atoms with E-state index in [0.717, 1.165) is 69.5 Å². The summed E-state index contributed by atoms with van der Waals surface area (Å²) in [6, 6.07) is 5.15. The molecule has 2 fully saturated rings. The molecule has 1 aromatic rings. The van der Waals surface area contributed by atoms with Gasteiger partial charge in [-0.1, -0.05) is 0 Å². The maximum atomic E-state index is 9.43. The van der Waals surface area contributed by atoms with Gasteiger partial charge in [-0.2, -0.15) is 5.26 Å². The number of hydrogen-bond donors (Lipinski definition) is 1. The second-order valence-corrected chi connectivity index (χ2v) is 6.27. The highest BCUT2D eigenvalue weighted by Gasteiger charge is 2.29. The summed E-state index contributed by atoms with van der Waals surface area (Å²) in [5.41, 5.74) is 3.26. The molecule has 1 aliphatic carbocycles. The highest BCUT2D eigenvalue weighted by Crippen LogP contribution is 2.27. The molecule has 2 aliphatic heterocycles. The van der Waals surface area contributed by atoms with Gasteiger partial charge in [0.05, 0.1) is 5.56 Å². The summed E-state index contributed by atoms with van der Waals surface area (Å²) in [6.45, 7) is 6.38. The van der Waals surface area contributed by atoms with Gasteiger partial charge in [0.25, 0.3) is 0 Å². The van der Waals surface area contributed by atoms with E-state index in [-0.39, 0.29) is 0 Å². The van der Waals surface area contributed by atoms with Gasteiger partial charge in [0.15, 0.2) is 0 Å².